The number of aryl methyl sites for hydroxylation is 1. The van der Waals surface area contributed by atoms with Gasteiger partial charge < -0.3 is 10.4 Å². The second-order valence-corrected chi connectivity index (χ2v) is 6.73. The first kappa shape index (κ1) is 13.3. The Labute approximate surface area is 125 Å². The molecule has 2 aromatic rings. The number of hydrogen-bond donors (Lipinski definition) is 2. The summed E-state index contributed by atoms with van der Waals surface area (Å²) in [4.78, 5) is 0. The number of nitrogens with one attached hydrogen (secondary N) is 1. The van der Waals surface area contributed by atoms with E-state index >= 15 is 0 Å². The predicted molar refractivity (Wildman–Crippen MR) is 83.2 cm³/mol. The molecule has 0 radical (unpaired) electrons. The van der Waals surface area contributed by atoms with Crippen LogP contribution in [0.2, 0.25) is 0 Å². The summed E-state index contributed by atoms with van der Waals surface area (Å²) in [5.41, 5.74) is 1.64. The second-order valence-electron chi connectivity index (χ2n) is 6.73. The van der Waals surface area contributed by atoms with Crippen molar-refractivity contribution >= 4 is 10.9 Å². The van der Waals surface area contributed by atoms with Crippen molar-refractivity contribution in [2.45, 2.75) is 63.3 Å². The molecule has 1 aromatic heterocycles. The van der Waals surface area contributed by atoms with E-state index in [2.05, 4.69) is 36.5 Å². The molecule has 0 spiro atoms. The number of aliphatic hydroxyl groups is 1. The van der Waals surface area contributed by atoms with Gasteiger partial charge in [-0.15, -0.1) is 0 Å². The first-order valence-corrected chi connectivity index (χ1v) is 8.10. The number of benzene rings is 1. The summed E-state index contributed by atoms with van der Waals surface area (Å²) >= 11 is 0. The van der Waals surface area contributed by atoms with Crippen molar-refractivity contribution in [1.82, 2.24) is 15.1 Å². The van der Waals surface area contributed by atoms with Crippen molar-refractivity contribution in [2.24, 2.45) is 0 Å². The maximum Gasteiger partial charge on any atom is 0.0733 e. The Morgan fingerprint density at radius 2 is 2.00 bits per heavy atom. The van der Waals surface area contributed by atoms with E-state index in [0.717, 1.165) is 25.1 Å². The molecule has 2 aliphatic heterocycles. The minimum absolute atomic E-state index is 0.494. The molecule has 4 nitrogen and oxygen atoms in total. The van der Waals surface area contributed by atoms with Gasteiger partial charge in [0, 0.05) is 30.4 Å². The van der Waals surface area contributed by atoms with Gasteiger partial charge in [-0.05, 0) is 38.7 Å². The topological polar surface area (TPSA) is 50.1 Å². The van der Waals surface area contributed by atoms with E-state index in [1.54, 1.807) is 0 Å². The van der Waals surface area contributed by atoms with Crippen LogP contribution in [0, 0.1) is 0 Å². The highest BCUT2D eigenvalue weighted by Gasteiger charge is 2.43. The van der Waals surface area contributed by atoms with Crippen LogP contribution in [0.3, 0.4) is 0 Å². The van der Waals surface area contributed by atoms with Gasteiger partial charge in [-0.25, -0.2) is 0 Å². The molecule has 112 valence electrons. The maximum atomic E-state index is 11.1. The molecule has 2 bridgehead atoms. The fourth-order valence-electron chi connectivity index (χ4n) is 4.25. The second kappa shape index (κ2) is 4.82. The quantitative estimate of drug-likeness (QED) is 0.909. The molecule has 3 heterocycles. The monoisotopic (exact) mass is 285 g/mol. The Morgan fingerprint density at radius 3 is 2.71 bits per heavy atom. The SMILES string of the molecule is CCn1nc(CC2(O)CC3CCC(C2)N3)c2ccccc21. The molecule has 0 amide bonds. The number of para-hydroxylation sites is 1. The molecule has 21 heavy (non-hydrogen) atoms. The van der Waals surface area contributed by atoms with Crippen LogP contribution < -0.4 is 5.32 Å². The molecule has 4 heteroatoms. The van der Waals surface area contributed by atoms with Crippen LogP contribution in [0.25, 0.3) is 10.9 Å². The van der Waals surface area contributed by atoms with E-state index in [0.29, 0.717) is 18.5 Å². The number of fused-ring (bicyclic) bond motifs is 3. The Kier molecular flexibility index (Phi) is 3.05. The lowest BCUT2D eigenvalue weighted by Crippen LogP contribution is -2.49. The Bertz CT molecular complexity index is 651. The molecule has 2 aliphatic rings. The van der Waals surface area contributed by atoms with Gasteiger partial charge in [0.05, 0.1) is 16.8 Å². The van der Waals surface area contributed by atoms with Crippen LogP contribution in [0.4, 0.5) is 0 Å². The van der Waals surface area contributed by atoms with Crippen LogP contribution in [-0.2, 0) is 13.0 Å². The van der Waals surface area contributed by atoms with Crippen molar-refractivity contribution in [3.8, 4) is 0 Å². The summed E-state index contributed by atoms with van der Waals surface area (Å²) in [6.45, 7) is 2.98. The average molecular weight is 285 g/mol. The number of rotatable bonds is 3. The van der Waals surface area contributed by atoms with Gasteiger partial charge in [0.15, 0.2) is 0 Å². The molecule has 2 saturated heterocycles. The smallest absolute Gasteiger partial charge is 0.0733 e. The summed E-state index contributed by atoms with van der Waals surface area (Å²) < 4.78 is 2.05. The fraction of sp³-hybridized carbons (Fsp3) is 0.588. The summed E-state index contributed by atoms with van der Waals surface area (Å²) in [6, 6.07) is 9.35. The van der Waals surface area contributed by atoms with Crippen LogP contribution in [0.5, 0.6) is 0 Å². The highest BCUT2D eigenvalue weighted by atomic mass is 16.3. The average Bonchev–Trinajstić information content (AvgIpc) is 3.00. The Hall–Kier alpha value is -1.39. The minimum Gasteiger partial charge on any atom is -0.389 e. The normalized spacial score (nSPS) is 31.9. The Balaban J connectivity index is 1.68. The van der Waals surface area contributed by atoms with E-state index in [4.69, 9.17) is 5.10 Å². The molecule has 2 atom stereocenters. The van der Waals surface area contributed by atoms with Crippen LogP contribution in [0.15, 0.2) is 24.3 Å². The van der Waals surface area contributed by atoms with Crippen LogP contribution in [0.1, 0.15) is 38.3 Å². The van der Waals surface area contributed by atoms with Gasteiger partial charge in [-0.1, -0.05) is 18.2 Å². The van der Waals surface area contributed by atoms with Gasteiger partial charge in [0.25, 0.3) is 0 Å². The first-order chi connectivity index (χ1) is 10.2. The summed E-state index contributed by atoms with van der Waals surface area (Å²) in [6.07, 6.45) is 4.80. The third-order valence-electron chi connectivity index (χ3n) is 5.12. The molecule has 2 N–H and O–H groups in total. The molecule has 2 fully saturated rings. The third kappa shape index (κ3) is 2.27. The summed E-state index contributed by atoms with van der Waals surface area (Å²) in [5, 5.41) is 20.6. The van der Waals surface area contributed by atoms with Crippen molar-refractivity contribution < 1.29 is 5.11 Å². The van der Waals surface area contributed by atoms with Crippen molar-refractivity contribution in [3.05, 3.63) is 30.0 Å². The van der Waals surface area contributed by atoms with Crippen molar-refractivity contribution in [3.63, 3.8) is 0 Å². The number of piperidine rings is 1. The molecule has 0 aliphatic carbocycles. The van der Waals surface area contributed by atoms with Crippen molar-refractivity contribution in [2.75, 3.05) is 0 Å². The number of nitrogens with zero attached hydrogens (tertiary/aromatic N) is 2. The number of hydrogen-bond acceptors (Lipinski definition) is 3. The highest BCUT2D eigenvalue weighted by molar-refractivity contribution is 5.82. The van der Waals surface area contributed by atoms with E-state index in [1.807, 2.05) is 4.68 Å². The summed E-state index contributed by atoms with van der Waals surface area (Å²) in [7, 11) is 0. The van der Waals surface area contributed by atoms with E-state index in [9.17, 15) is 5.11 Å². The largest absolute Gasteiger partial charge is 0.389 e. The molecule has 4 rings (SSSR count). The van der Waals surface area contributed by atoms with Gasteiger partial charge in [0.2, 0.25) is 0 Å². The first-order valence-electron chi connectivity index (χ1n) is 8.10. The van der Waals surface area contributed by atoms with Gasteiger partial charge in [0.1, 0.15) is 0 Å². The van der Waals surface area contributed by atoms with Gasteiger partial charge >= 0.3 is 0 Å². The van der Waals surface area contributed by atoms with Crippen molar-refractivity contribution in [1.29, 1.82) is 0 Å². The molecule has 1 aromatic carbocycles. The summed E-state index contributed by atoms with van der Waals surface area (Å²) in [5.74, 6) is 0. The molecule has 0 saturated carbocycles. The zero-order valence-electron chi connectivity index (χ0n) is 12.5. The zero-order valence-corrected chi connectivity index (χ0v) is 12.5. The standard InChI is InChI=1S/C17H23N3O/c1-2-20-16-6-4-3-5-14(16)15(19-20)11-17(21)9-12-7-8-13(10-17)18-12/h3-6,12-13,18,21H,2,7-11H2,1H3. The number of aromatic nitrogens is 2. The lowest BCUT2D eigenvalue weighted by molar-refractivity contribution is -0.00671. The zero-order chi connectivity index (χ0) is 14.4. The molecular formula is C17H23N3O. The van der Waals surface area contributed by atoms with Gasteiger partial charge in [-0.3, -0.25) is 4.68 Å². The van der Waals surface area contributed by atoms with Gasteiger partial charge in [-0.2, -0.15) is 5.10 Å². The lowest BCUT2D eigenvalue weighted by atomic mass is 9.83. The molecule has 2 unspecified atom stereocenters. The maximum absolute atomic E-state index is 11.1. The molecular weight excluding hydrogens is 262 g/mol. The van der Waals surface area contributed by atoms with Crippen LogP contribution >= 0.6 is 0 Å². The van der Waals surface area contributed by atoms with Crippen LogP contribution in [-0.4, -0.2) is 32.6 Å². The lowest BCUT2D eigenvalue weighted by Gasteiger charge is -2.36. The highest BCUT2D eigenvalue weighted by Crippen LogP contribution is 2.36. The predicted octanol–water partition coefficient (Wildman–Crippen LogP) is 2.24. The van der Waals surface area contributed by atoms with E-state index in [-0.39, 0.29) is 0 Å². The van der Waals surface area contributed by atoms with E-state index < -0.39 is 5.60 Å². The fourth-order valence-corrected chi connectivity index (χ4v) is 4.25. The van der Waals surface area contributed by atoms with E-state index in [1.165, 1.54) is 23.7 Å². The minimum atomic E-state index is -0.590. The Morgan fingerprint density at radius 1 is 1.29 bits per heavy atom. The third-order valence-corrected chi connectivity index (χ3v) is 5.12.